The van der Waals surface area contributed by atoms with E-state index < -0.39 is 53.0 Å². The van der Waals surface area contributed by atoms with E-state index in [-0.39, 0.29) is 0 Å². The van der Waals surface area contributed by atoms with Gasteiger partial charge in [-0.2, -0.15) is 0 Å². The Hall–Kier alpha value is 0.0600. The van der Waals surface area contributed by atoms with Gasteiger partial charge < -0.3 is 39.6 Å². The molecule has 1 unspecified atom stereocenters. The Labute approximate surface area is 112 Å². The van der Waals surface area contributed by atoms with Crippen molar-refractivity contribution in [1.82, 2.24) is 0 Å². The molecular weight excluding hydrogens is 326 g/mol. The van der Waals surface area contributed by atoms with Crippen LogP contribution < -0.4 is 0 Å². The number of aliphatic hydroxyl groups excluding tert-OH is 2. The molecule has 1 heterocycles. The van der Waals surface area contributed by atoms with Gasteiger partial charge in [0.25, 0.3) is 0 Å². The zero-order valence-corrected chi connectivity index (χ0v) is 11.5. The predicted octanol–water partition coefficient (Wildman–Crippen LogP) is -2.99. The fourth-order valence-electron chi connectivity index (χ4n) is 1.47. The molecule has 1 aliphatic rings. The predicted molar refractivity (Wildman–Crippen MR) is 57.8 cm³/mol. The molecule has 0 aromatic carbocycles. The zero-order valence-electron chi connectivity index (χ0n) is 9.71. The van der Waals surface area contributed by atoms with Crippen LogP contribution in [0.2, 0.25) is 0 Å². The molecular formula is C6H14O12P2. The highest BCUT2D eigenvalue weighted by Gasteiger charge is 2.54. The molecule has 1 saturated heterocycles. The van der Waals surface area contributed by atoms with E-state index in [0.717, 1.165) is 0 Å². The first-order valence-corrected chi connectivity index (χ1v) is 8.07. The molecule has 0 radical (unpaired) electrons. The highest BCUT2D eigenvalue weighted by atomic mass is 31.2. The van der Waals surface area contributed by atoms with Crippen LogP contribution in [0.25, 0.3) is 0 Å². The van der Waals surface area contributed by atoms with Crippen LogP contribution in [0.5, 0.6) is 0 Å². The van der Waals surface area contributed by atoms with Crippen molar-refractivity contribution in [3.63, 3.8) is 0 Å². The number of hydrogen-bond donors (Lipinski definition) is 7. The van der Waals surface area contributed by atoms with Crippen LogP contribution in [0.3, 0.4) is 0 Å². The summed E-state index contributed by atoms with van der Waals surface area (Å²) in [7, 11) is -9.82. The van der Waals surface area contributed by atoms with Crippen LogP contribution in [-0.4, -0.2) is 72.2 Å². The molecule has 14 heteroatoms. The Balaban J connectivity index is 2.67. The van der Waals surface area contributed by atoms with E-state index in [1.165, 1.54) is 0 Å². The van der Waals surface area contributed by atoms with E-state index in [2.05, 4.69) is 13.8 Å². The maximum Gasteiger partial charge on any atom is 0.469 e. The average molecular weight is 340 g/mol. The third-order valence-electron chi connectivity index (χ3n) is 2.37. The first kappa shape index (κ1) is 18.1. The van der Waals surface area contributed by atoms with E-state index in [9.17, 15) is 24.4 Å². The summed E-state index contributed by atoms with van der Waals surface area (Å²) < 4.78 is 33.6. The molecule has 1 rings (SSSR count). The third-order valence-corrected chi connectivity index (χ3v) is 3.32. The average Bonchev–Trinajstić information content (AvgIpc) is 2.48. The van der Waals surface area contributed by atoms with E-state index in [1.807, 2.05) is 0 Å². The Morgan fingerprint density at radius 2 is 1.55 bits per heavy atom. The number of hydrogen-bond acceptors (Lipinski definition) is 8. The third kappa shape index (κ3) is 5.11. The molecule has 20 heavy (non-hydrogen) atoms. The molecule has 4 atom stereocenters. The molecule has 120 valence electrons. The molecule has 1 aliphatic heterocycles. The zero-order chi connectivity index (χ0) is 15.8. The SMILES string of the molecule is O=P(O)(O)OC[C@H]1OC(O)(COP(=O)(O)O)[C@H](O)[C@@H]1O. The Bertz CT molecular complexity index is 428. The van der Waals surface area contributed by atoms with Gasteiger partial charge in [0.2, 0.25) is 5.79 Å². The molecule has 0 aliphatic carbocycles. The number of aliphatic hydroxyl groups is 3. The van der Waals surface area contributed by atoms with Crippen molar-refractivity contribution in [2.75, 3.05) is 13.2 Å². The minimum atomic E-state index is -4.96. The monoisotopic (exact) mass is 340 g/mol. The van der Waals surface area contributed by atoms with Gasteiger partial charge in [-0.05, 0) is 0 Å². The maximum absolute atomic E-state index is 10.5. The van der Waals surface area contributed by atoms with Gasteiger partial charge in [-0.1, -0.05) is 0 Å². The molecule has 0 aromatic rings. The first-order chi connectivity index (χ1) is 8.84. The molecule has 7 N–H and O–H groups in total. The Kier molecular flexibility index (Phi) is 5.48. The second-order valence-corrected chi connectivity index (χ2v) is 6.47. The smallest absolute Gasteiger partial charge is 0.387 e. The molecule has 0 amide bonds. The lowest BCUT2D eigenvalue weighted by Crippen LogP contribution is -2.46. The first-order valence-electron chi connectivity index (χ1n) is 5.00. The van der Waals surface area contributed by atoms with Crippen LogP contribution in [0.4, 0.5) is 0 Å². The van der Waals surface area contributed by atoms with Crippen LogP contribution in [0.1, 0.15) is 0 Å². The van der Waals surface area contributed by atoms with Crippen molar-refractivity contribution in [3.8, 4) is 0 Å². The second kappa shape index (κ2) is 6.05. The van der Waals surface area contributed by atoms with Crippen LogP contribution in [0, 0.1) is 0 Å². The number of phosphoric acid groups is 2. The van der Waals surface area contributed by atoms with E-state index in [0.29, 0.717) is 0 Å². The van der Waals surface area contributed by atoms with Gasteiger partial charge in [-0.15, -0.1) is 0 Å². The van der Waals surface area contributed by atoms with Crippen molar-refractivity contribution in [2.45, 2.75) is 24.1 Å². The van der Waals surface area contributed by atoms with Gasteiger partial charge in [0.1, 0.15) is 24.9 Å². The summed E-state index contributed by atoms with van der Waals surface area (Å²) in [6.07, 6.45) is -5.38. The summed E-state index contributed by atoms with van der Waals surface area (Å²) in [5.74, 6) is -2.66. The highest BCUT2D eigenvalue weighted by molar-refractivity contribution is 7.46. The lowest BCUT2D eigenvalue weighted by molar-refractivity contribution is -0.245. The Morgan fingerprint density at radius 3 is 2.00 bits per heavy atom. The van der Waals surface area contributed by atoms with Gasteiger partial charge in [-0.25, -0.2) is 9.13 Å². The van der Waals surface area contributed by atoms with Crippen molar-refractivity contribution in [2.24, 2.45) is 0 Å². The normalized spacial score (nSPS) is 35.5. The fourth-order valence-corrected chi connectivity index (χ4v) is 2.17. The summed E-state index contributed by atoms with van der Waals surface area (Å²) in [6.45, 7) is -2.05. The molecule has 0 saturated carbocycles. The molecule has 12 nitrogen and oxygen atoms in total. The van der Waals surface area contributed by atoms with Gasteiger partial charge >= 0.3 is 15.6 Å². The van der Waals surface area contributed by atoms with Crippen molar-refractivity contribution in [1.29, 1.82) is 0 Å². The minimum Gasteiger partial charge on any atom is -0.387 e. The summed E-state index contributed by atoms with van der Waals surface area (Å²) in [4.78, 5) is 33.9. The van der Waals surface area contributed by atoms with E-state index >= 15 is 0 Å². The summed E-state index contributed by atoms with van der Waals surface area (Å²) in [5.41, 5.74) is 0. The van der Waals surface area contributed by atoms with Crippen LogP contribution in [0.15, 0.2) is 0 Å². The fraction of sp³-hybridized carbons (Fsp3) is 1.00. The van der Waals surface area contributed by atoms with Gasteiger partial charge in [0, 0.05) is 0 Å². The lowest BCUT2D eigenvalue weighted by Gasteiger charge is -2.25. The minimum absolute atomic E-state index is 0.874. The van der Waals surface area contributed by atoms with Crippen molar-refractivity contribution in [3.05, 3.63) is 0 Å². The second-order valence-electron chi connectivity index (χ2n) is 3.99. The van der Waals surface area contributed by atoms with Crippen molar-refractivity contribution < 1.29 is 57.8 Å². The van der Waals surface area contributed by atoms with E-state index in [4.69, 9.17) is 19.6 Å². The van der Waals surface area contributed by atoms with Gasteiger partial charge in [-0.3, -0.25) is 9.05 Å². The van der Waals surface area contributed by atoms with Crippen LogP contribution in [-0.2, 0) is 22.9 Å². The lowest BCUT2D eigenvalue weighted by atomic mass is 10.1. The molecule has 0 spiro atoms. The van der Waals surface area contributed by atoms with Crippen molar-refractivity contribution >= 4 is 15.6 Å². The quantitative estimate of drug-likeness (QED) is 0.242. The largest absolute Gasteiger partial charge is 0.469 e. The van der Waals surface area contributed by atoms with Gasteiger partial charge in [0.05, 0.1) is 6.61 Å². The highest BCUT2D eigenvalue weighted by Crippen LogP contribution is 2.41. The number of rotatable bonds is 6. The summed E-state index contributed by atoms with van der Waals surface area (Å²) in [6, 6.07) is 0. The van der Waals surface area contributed by atoms with Gasteiger partial charge in [0.15, 0.2) is 0 Å². The number of phosphoric ester groups is 2. The van der Waals surface area contributed by atoms with Crippen LogP contribution >= 0.6 is 15.6 Å². The molecule has 0 bridgehead atoms. The maximum atomic E-state index is 10.5. The Morgan fingerprint density at radius 1 is 1.05 bits per heavy atom. The molecule has 0 aromatic heterocycles. The topological polar surface area (TPSA) is 203 Å². The molecule has 1 fully saturated rings. The standard InChI is InChI=1S/C6H14O12P2/c7-4-3(1-16-19(10,11)12)18-6(9,5(4)8)2-17-20(13,14)15/h3-5,7-9H,1-2H2,(H2,10,11,12)(H2,13,14,15)/t3-,4-,5-,6?/m1/s1. The summed E-state index contributed by atoms with van der Waals surface area (Å²) >= 11 is 0. The number of ether oxygens (including phenoxy) is 1. The van der Waals surface area contributed by atoms with E-state index in [1.54, 1.807) is 0 Å². The summed E-state index contributed by atoms with van der Waals surface area (Å²) in [5, 5.41) is 28.8.